The van der Waals surface area contributed by atoms with Crippen molar-refractivity contribution in [2.75, 3.05) is 19.0 Å². The summed E-state index contributed by atoms with van der Waals surface area (Å²) in [5.41, 5.74) is 0.456. The Bertz CT molecular complexity index is 382. The Balaban J connectivity index is 2.98. The molecule has 6 heteroatoms. The highest BCUT2D eigenvalue weighted by molar-refractivity contribution is 6.36. The fourth-order valence-corrected chi connectivity index (χ4v) is 1.64. The van der Waals surface area contributed by atoms with Crippen LogP contribution in [0.2, 0.25) is 10.0 Å². The molecule has 0 unspecified atom stereocenters. The van der Waals surface area contributed by atoms with E-state index in [1.807, 2.05) is 0 Å². The minimum Gasteiger partial charge on any atom is -0.493 e. The second-order valence-electron chi connectivity index (χ2n) is 2.72. The second-order valence-corrected chi connectivity index (χ2v) is 3.56. The van der Waals surface area contributed by atoms with Gasteiger partial charge in [-0.25, -0.2) is 0 Å². The van der Waals surface area contributed by atoms with Gasteiger partial charge in [0.1, 0.15) is 6.54 Å². The molecule has 0 atom stereocenters. The van der Waals surface area contributed by atoms with E-state index in [0.717, 1.165) is 0 Å². The lowest BCUT2D eigenvalue weighted by Gasteiger charge is -2.11. The van der Waals surface area contributed by atoms with E-state index in [9.17, 15) is 4.79 Å². The van der Waals surface area contributed by atoms with Gasteiger partial charge in [-0.15, -0.1) is 0 Å². The molecule has 1 aromatic carbocycles. The third-order valence-corrected chi connectivity index (χ3v) is 2.14. The predicted octanol–water partition coefficient (Wildman–Crippen LogP) is 2.50. The lowest BCUT2D eigenvalue weighted by atomic mass is 10.3. The molecule has 0 bridgehead atoms. The number of halogens is 2. The maximum absolute atomic E-state index is 10.4. The summed E-state index contributed by atoms with van der Waals surface area (Å²) >= 11 is 11.6. The average molecular weight is 250 g/mol. The van der Waals surface area contributed by atoms with Gasteiger partial charge >= 0.3 is 5.97 Å². The zero-order valence-electron chi connectivity index (χ0n) is 7.88. The van der Waals surface area contributed by atoms with Crippen molar-refractivity contribution in [1.82, 2.24) is 0 Å². The summed E-state index contributed by atoms with van der Waals surface area (Å²) in [6, 6.07) is 3.07. The predicted molar refractivity (Wildman–Crippen MR) is 59.1 cm³/mol. The van der Waals surface area contributed by atoms with Gasteiger partial charge in [-0.2, -0.15) is 0 Å². The zero-order chi connectivity index (χ0) is 11.4. The average Bonchev–Trinajstić information content (AvgIpc) is 2.13. The van der Waals surface area contributed by atoms with Gasteiger partial charge in [0.05, 0.1) is 17.8 Å². The normalized spacial score (nSPS) is 9.80. The Hall–Kier alpha value is -1.13. The second kappa shape index (κ2) is 5.09. The van der Waals surface area contributed by atoms with Crippen LogP contribution in [0.4, 0.5) is 5.69 Å². The van der Waals surface area contributed by atoms with Crippen LogP contribution >= 0.6 is 23.2 Å². The van der Waals surface area contributed by atoms with Crippen molar-refractivity contribution in [1.29, 1.82) is 0 Å². The Kier molecular flexibility index (Phi) is 4.05. The van der Waals surface area contributed by atoms with Gasteiger partial charge in [-0.05, 0) is 12.1 Å². The van der Waals surface area contributed by atoms with E-state index in [4.69, 9.17) is 33.0 Å². The molecule has 0 aliphatic heterocycles. The Labute approximate surface area is 96.8 Å². The Morgan fingerprint density at radius 3 is 2.73 bits per heavy atom. The first kappa shape index (κ1) is 11.9. The molecule has 2 N–H and O–H groups in total. The number of carbonyl (C=O) groups is 1. The Morgan fingerprint density at radius 1 is 1.53 bits per heavy atom. The third kappa shape index (κ3) is 3.18. The molecule has 0 fully saturated rings. The van der Waals surface area contributed by atoms with E-state index in [0.29, 0.717) is 21.5 Å². The summed E-state index contributed by atoms with van der Waals surface area (Å²) in [6.07, 6.45) is 0. The lowest BCUT2D eigenvalue weighted by Crippen LogP contribution is -2.13. The number of carboxylic acid groups (broad SMARTS) is 1. The number of aliphatic carboxylic acids is 1. The Morgan fingerprint density at radius 2 is 2.20 bits per heavy atom. The number of methoxy groups -OCH3 is 1. The van der Waals surface area contributed by atoms with Crippen LogP contribution in [0.15, 0.2) is 12.1 Å². The first-order valence-corrected chi connectivity index (χ1v) is 4.79. The van der Waals surface area contributed by atoms with Crippen LogP contribution in [0.5, 0.6) is 5.75 Å². The topological polar surface area (TPSA) is 58.6 Å². The van der Waals surface area contributed by atoms with Crippen LogP contribution in [-0.4, -0.2) is 24.7 Å². The first-order chi connectivity index (χ1) is 7.04. The van der Waals surface area contributed by atoms with Gasteiger partial charge in [0, 0.05) is 5.02 Å². The molecule has 4 nitrogen and oxygen atoms in total. The van der Waals surface area contributed by atoms with E-state index in [1.54, 1.807) is 6.07 Å². The summed E-state index contributed by atoms with van der Waals surface area (Å²) in [5, 5.41) is 11.9. The quantitative estimate of drug-likeness (QED) is 0.861. The molecule has 0 aliphatic carbocycles. The van der Waals surface area contributed by atoms with Crippen molar-refractivity contribution >= 4 is 34.9 Å². The molecule has 0 saturated heterocycles. The van der Waals surface area contributed by atoms with Gasteiger partial charge in [0.25, 0.3) is 0 Å². The molecule has 1 aromatic rings. The van der Waals surface area contributed by atoms with Crippen molar-refractivity contribution in [2.24, 2.45) is 0 Å². The summed E-state index contributed by atoms with van der Waals surface area (Å²) in [6.45, 7) is -0.229. The number of nitrogens with one attached hydrogen (secondary N) is 1. The molecule has 82 valence electrons. The number of hydrogen-bond acceptors (Lipinski definition) is 3. The van der Waals surface area contributed by atoms with Crippen molar-refractivity contribution in [3.05, 3.63) is 22.2 Å². The minimum atomic E-state index is -0.979. The molecule has 0 aliphatic rings. The van der Waals surface area contributed by atoms with E-state index in [1.165, 1.54) is 13.2 Å². The van der Waals surface area contributed by atoms with Crippen LogP contribution in [0, 0.1) is 0 Å². The van der Waals surface area contributed by atoms with Gasteiger partial charge in [-0.3, -0.25) is 4.79 Å². The molecule has 0 spiro atoms. The van der Waals surface area contributed by atoms with Crippen molar-refractivity contribution in [3.8, 4) is 5.75 Å². The highest BCUT2D eigenvalue weighted by Gasteiger charge is 2.10. The largest absolute Gasteiger partial charge is 0.493 e. The number of carboxylic acids is 1. The molecule has 0 radical (unpaired) electrons. The number of benzene rings is 1. The number of hydrogen-bond donors (Lipinski definition) is 2. The lowest BCUT2D eigenvalue weighted by molar-refractivity contribution is -0.134. The zero-order valence-corrected chi connectivity index (χ0v) is 9.39. The van der Waals surface area contributed by atoms with E-state index >= 15 is 0 Å². The molecule has 0 aromatic heterocycles. The van der Waals surface area contributed by atoms with E-state index in [2.05, 4.69) is 5.32 Å². The van der Waals surface area contributed by atoms with Crippen molar-refractivity contribution in [3.63, 3.8) is 0 Å². The van der Waals surface area contributed by atoms with Gasteiger partial charge in [0.2, 0.25) is 0 Å². The maximum Gasteiger partial charge on any atom is 0.322 e. The van der Waals surface area contributed by atoms with Crippen LogP contribution in [0.25, 0.3) is 0 Å². The molecular formula is C9H9Cl2NO3. The molecule has 0 saturated carbocycles. The minimum absolute atomic E-state index is 0.229. The number of rotatable bonds is 4. The van der Waals surface area contributed by atoms with Crippen LogP contribution in [0.3, 0.4) is 0 Å². The van der Waals surface area contributed by atoms with Gasteiger partial charge < -0.3 is 15.2 Å². The fourth-order valence-electron chi connectivity index (χ4n) is 1.07. The number of anilines is 1. The van der Waals surface area contributed by atoms with Crippen LogP contribution in [-0.2, 0) is 4.79 Å². The van der Waals surface area contributed by atoms with Gasteiger partial charge in [-0.1, -0.05) is 23.2 Å². The fraction of sp³-hybridized carbons (Fsp3) is 0.222. The highest BCUT2D eigenvalue weighted by Crippen LogP contribution is 2.35. The van der Waals surface area contributed by atoms with E-state index in [-0.39, 0.29) is 6.54 Å². The molecular weight excluding hydrogens is 241 g/mol. The summed E-state index contributed by atoms with van der Waals surface area (Å²) in [4.78, 5) is 10.4. The monoisotopic (exact) mass is 249 g/mol. The van der Waals surface area contributed by atoms with E-state index < -0.39 is 5.97 Å². The summed E-state index contributed by atoms with van der Waals surface area (Å²) in [5.74, 6) is -0.601. The molecule has 0 amide bonds. The van der Waals surface area contributed by atoms with Crippen molar-refractivity contribution < 1.29 is 14.6 Å². The maximum atomic E-state index is 10.4. The standard InChI is InChI=1S/C9H9Cl2NO3/c1-15-9-6(11)2-5(10)3-7(9)12-4-8(13)14/h2-3,12H,4H2,1H3,(H,13,14). The van der Waals surface area contributed by atoms with Crippen molar-refractivity contribution in [2.45, 2.75) is 0 Å². The third-order valence-electron chi connectivity index (χ3n) is 1.64. The molecule has 1 rings (SSSR count). The molecule has 0 heterocycles. The highest BCUT2D eigenvalue weighted by atomic mass is 35.5. The van der Waals surface area contributed by atoms with Crippen LogP contribution < -0.4 is 10.1 Å². The first-order valence-electron chi connectivity index (χ1n) is 4.03. The molecule has 15 heavy (non-hydrogen) atoms. The number of ether oxygens (including phenoxy) is 1. The summed E-state index contributed by atoms with van der Waals surface area (Å²) < 4.78 is 5.02. The smallest absolute Gasteiger partial charge is 0.322 e. The van der Waals surface area contributed by atoms with Crippen LogP contribution in [0.1, 0.15) is 0 Å². The van der Waals surface area contributed by atoms with Gasteiger partial charge in [0.15, 0.2) is 5.75 Å². The SMILES string of the molecule is COc1c(Cl)cc(Cl)cc1NCC(=O)O. The summed E-state index contributed by atoms with van der Waals surface area (Å²) in [7, 11) is 1.45.